The average molecular weight is 389 g/mol. The van der Waals surface area contributed by atoms with E-state index in [-0.39, 0.29) is 22.2 Å². The number of hydrogen-bond donors (Lipinski definition) is 3. The fourth-order valence-electron chi connectivity index (χ4n) is 1.36. The van der Waals surface area contributed by atoms with Crippen LogP contribution in [0.5, 0.6) is 0 Å². The van der Waals surface area contributed by atoms with Crippen molar-refractivity contribution >= 4 is 27.8 Å². The predicted molar refractivity (Wildman–Crippen MR) is 82.1 cm³/mol. The van der Waals surface area contributed by atoms with Crippen LogP contribution in [0.2, 0.25) is 0 Å². The molecule has 0 radical (unpaired) electrons. The van der Waals surface area contributed by atoms with E-state index >= 15 is 0 Å². The first-order chi connectivity index (χ1) is 12.0. The molecule has 0 unspecified atom stereocenters. The summed E-state index contributed by atoms with van der Waals surface area (Å²) in [4.78, 5) is 16.3. The largest absolute Gasteiger partial charge is 0.490 e. The van der Waals surface area contributed by atoms with Crippen molar-refractivity contribution in [1.29, 1.82) is 5.26 Å². The molecule has 4 N–H and O–H groups in total. The molecule has 0 amide bonds. The summed E-state index contributed by atoms with van der Waals surface area (Å²) in [6, 6.07) is 8.91. The molecule has 0 aliphatic rings. The first kappa shape index (κ1) is 20.6. The van der Waals surface area contributed by atoms with Gasteiger partial charge in [0.1, 0.15) is 5.82 Å². The van der Waals surface area contributed by atoms with Crippen LogP contribution in [0.4, 0.5) is 24.9 Å². The Kier molecular flexibility index (Phi) is 6.45. The van der Waals surface area contributed by atoms with Crippen LogP contribution in [-0.2, 0) is 14.8 Å². The van der Waals surface area contributed by atoms with Gasteiger partial charge in [0, 0.05) is 6.20 Å². The Morgan fingerprint density at radius 1 is 1.31 bits per heavy atom. The molecular weight excluding hydrogens is 379 g/mol. The van der Waals surface area contributed by atoms with Gasteiger partial charge in [-0.05, 0) is 24.3 Å². The minimum absolute atomic E-state index is 0.0243. The molecule has 2 rings (SSSR count). The lowest BCUT2D eigenvalue weighted by molar-refractivity contribution is -0.192. The number of rotatable bonds is 3. The summed E-state index contributed by atoms with van der Waals surface area (Å²) in [6.07, 6.45) is -3.74. The molecule has 2 aromatic rings. The van der Waals surface area contributed by atoms with Gasteiger partial charge in [-0.25, -0.2) is 18.2 Å². The third kappa shape index (κ3) is 6.24. The lowest BCUT2D eigenvalue weighted by atomic mass is 10.2. The summed E-state index contributed by atoms with van der Waals surface area (Å²) < 4.78 is 58.1. The van der Waals surface area contributed by atoms with E-state index in [1.807, 2.05) is 6.07 Å². The Balaban J connectivity index is 0.000000412. The van der Waals surface area contributed by atoms with Gasteiger partial charge in [-0.1, -0.05) is 6.07 Å². The van der Waals surface area contributed by atoms with Gasteiger partial charge in [0.05, 0.1) is 16.5 Å². The van der Waals surface area contributed by atoms with Crippen molar-refractivity contribution in [3.05, 3.63) is 42.1 Å². The highest BCUT2D eigenvalue weighted by Crippen LogP contribution is 2.15. The van der Waals surface area contributed by atoms with Crippen molar-refractivity contribution in [3.8, 4) is 6.07 Å². The number of aromatic nitrogens is 2. The summed E-state index contributed by atoms with van der Waals surface area (Å²) >= 11 is 0. The zero-order valence-corrected chi connectivity index (χ0v) is 13.4. The summed E-state index contributed by atoms with van der Waals surface area (Å²) in [5.74, 6) is -2.73. The van der Waals surface area contributed by atoms with Gasteiger partial charge in [0.25, 0.3) is 10.0 Å². The van der Waals surface area contributed by atoms with Crippen molar-refractivity contribution in [2.45, 2.75) is 11.1 Å². The molecule has 13 heteroatoms. The number of nitrogens with two attached hydrogens (primary N) is 1. The van der Waals surface area contributed by atoms with Crippen LogP contribution < -0.4 is 10.5 Å². The molecule has 1 aromatic heterocycles. The molecule has 0 bridgehead atoms. The van der Waals surface area contributed by atoms with E-state index in [9.17, 15) is 21.6 Å². The zero-order chi connectivity index (χ0) is 20.0. The van der Waals surface area contributed by atoms with Crippen LogP contribution in [0.25, 0.3) is 0 Å². The van der Waals surface area contributed by atoms with E-state index in [2.05, 4.69) is 14.7 Å². The van der Waals surface area contributed by atoms with Crippen molar-refractivity contribution in [3.63, 3.8) is 0 Å². The van der Waals surface area contributed by atoms with Crippen LogP contribution >= 0.6 is 0 Å². The Hall–Kier alpha value is -3.40. The van der Waals surface area contributed by atoms with Crippen molar-refractivity contribution in [2.75, 3.05) is 10.5 Å². The standard InChI is InChI=1S/C11H9N5O2S.C2HF3O2/c12-7-8-2-1-3-9(6-8)19(17,18)16-10-4-5-14-11(13)15-10;3-2(4,5)1(6)7/h1-6H,(H3,13,14,15,16);(H,6,7). The number of hydrogen-bond acceptors (Lipinski definition) is 7. The third-order valence-corrected chi connectivity index (χ3v) is 3.78. The maximum absolute atomic E-state index is 12.1. The second-order valence-electron chi connectivity index (χ2n) is 4.35. The van der Waals surface area contributed by atoms with Crippen LogP contribution in [0, 0.1) is 11.3 Å². The van der Waals surface area contributed by atoms with E-state index in [1.165, 1.54) is 36.5 Å². The van der Waals surface area contributed by atoms with Crippen molar-refractivity contribution < 1.29 is 31.5 Å². The highest BCUT2D eigenvalue weighted by Gasteiger charge is 2.38. The first-order valence-corrected chi connectivity index (χ1v) is 7.85. The van der Waals surface area contributed by atoms with Gasteiger partial charge in [0.2, 0.25) is 5.95 Å². The highest BCUT2D eigenvalue weighted by atomic mass is 32.2. The number of nitrogens with zero attached hydrogens (tertiary/aromatic N) is 3. The third-order valence-electron chi connectivity index (χ3n) is 2.43. The highest BCUT2D eigenvalue weighted by molar-refractivity contribution is 7.92. The number of nitrogen functional groups attached to an aromatic ring is 1. The van der Waals surface area contributed by atoms with Gasteiger partial charge in [-0.3, -0.25) is 4.72 Å². The molecule has 1 aromatic carbocycles. The number of nitrogens with one attached hydrogen (secondary N) is 1. The summed E-state index contributed by atoms with van der Waals surface area (Å²) in [7, 11) is -3.81. The van der Waals surface area contributed by atoms with Crippen LogP contribution in [-0.4, -0.2) is 35.6 Å². The molecule has 0 spiro atoms. The number of halogens is 3. The number of nitriles is 1. The van der Waals surface area contributed by atoms with Gasteiger partial charge in [0.15, 0.2) is 0 Å². The first-order valence-electron chi connectivity index (χ1n) is 6.37. The van der Waals surface area contributed by atoms with E-state index < -0.39 is 22.2 Å². The molecule has 0 saturated carbocycles. The summed E-state index contributed by atoms with van der Waals surface area (Å²) in [5, 5.41) is 15.9. The lowest BCUT2D eigenvalue weighted by Crippen LogP contribution is -2.21. The van der Waals surface area contributed by atoms with Gasteiger partial charge in [-0.2, -0.15) is 23.4 Å². The second-order valence-corrected chi connectivity index (χ2v) is 6.03. The maximum atomic E-state index is 12.1. The van der Waals surface area contributed by atoms with E-state index in [0.717, 1.165) is 0 Å². The number of carboxylic acids is 1. The Bertz CT molecular complexity index is 941. The molecule has 0 fully saturated rings. The second kappa shape index (κ2) is 8.12. The van der Waals surface area contributed by atoms with E-state index in [1.54, 1.807) is 0 Å². The Morgan fingerprint density at radius 2 is 1.92 bits per heavy atom. The summed E-state index contributed by atoms with van der Waals surface area (Å²) in [6.45, 7) is 0. The number of carboxylic acid groups (broad SMARTS) is 1. The topological polar surface area (TPSA) is 159 Å². The molecule has 9 nitrogen and oxygen atoms in total. The zero-order valence-electron chi connectivity index (χ0n) is 12.6. The minimum Gasteiger partial charge on any atom is -0.475 e. The number of aliphatic carboxylic acids is 1. The minimum atomic E-state index is -5.08. The van der Waals surface area contributed by atoms with Crippen LogP contribution in [0.3, 0.4) is 0 Å². The fourth-order valence-corrected chi connectivity index (χ4v) is 2.41. The molecule has 0 saturated heterocycles. The van der Waals surface area contributed by atoms with Crippen molar-refractivity contribution in [1.82, 2.24) is 9.97 Å². The smallest absolute Gasteiger partial charge is 0.475 e. The quantitative estimate of drug-likeness (QED) is 0.709. The number of sulfonamides is 1. The molecule has 26 heavy (non-hydrogen) atoms. The number of carbonyl (C=O) groups is 1. The Labute approximate surface area is 145 Å². The SMILES string of the molecule is N#Cc1cccc(S(=O)(=O)Nc2ccnc(N)n2)c1.O=C(O)C(F)(F)F. The molecule has 0 aliphatic carbocycles. The van der Waals surface area contributed by atoms with Gasteiger partial charge in [-0.15, -0.1) is 0 Å². The van der Waals surface area contributed by atoms with Crippen LogP contribution in [0.1, 0.15) is 5.56 Å². The van der Waals surface area contributed by atoms with Gasteiger partial charge < -0.3 is 10.8 Å². The monoisotopic (exact) mass is 389 g/mol. The van der Waals surface area contributed by atoms with Gasteiger partial charge >= 0.3 is 12.1 Å². The molecular formula is C13H10F3N5O4S. The number of anilines is 2. The van der Waals surface area contributed by atoms with E-state index in [0.29, 0.717) is 0 Å². The number of benzene rings is 1. The maximum Gasteiger partial charge on any atom is 0.490 e. The Morgan fingerprint density at radius 3 is 2.42 bits per heavy atom. The number of alkyl halides is 3. The fraction of sp³-hybridized carbons (Fsp3) is 0.0769. The average Bonchev–Trinajstić information content (AvgIpc) is 2.54. The predicted octanol–water partition coefficient (Wildman–Crippen LogP) is 1.36. The van der Waals surface area contributed by atoms with E-state index in [4.69, 9.17) is 20.9 Å². The lowest BCUT2D eigenvalue weighted by Gasteiger charge is -2.07. The molecule has 0 atom stereocenters. The molecule has 0 aliphatic heterocycles. The molecule has 138 valence electrons. The van der Waals surface area contributed by atoms with Crippen LogP contribution in [0.15, 0.2) is 41.4 Å². The molecule has 1 heterocycles. The van der Waals surface area contributed by atoms with Crippen molar-refractivity contribution in [2.24, 2.45) is 0 Å². The summed E-state index contributed by atoms with van der Waals surface area (Å²) in [5.41, 5.74) is 5.62. The normalized spacial score (nSPS) is 10.8.